The summed E-state index contributed by atoms with van der Waals surface area (Å²) in [5.41, 5.74) is 5.73. The Hall–Kier alpha value is -0.610. The Labute approximate surface area is 104 Å². The Morgan fingerprint density at radius 1 is 1.53 bits per heavy atom. The molecule has 1 heterocycles. The lowest BCUT2D eigenvalue weighted by Gasteiger charge is -2.38. The molecule has 0 aliphatic carbocycles. The Balaban J connectivity index is 2.45. The topological polar surface area (TPSA) is 55.6 Å². The average Bonchev–Trinajstić information content (AvgIpc) is 2.32. The molecule has 0 amide bonds. The molecule has 4 heteroatoms. The first-order chi connectivity index (χ1) is 8.08. The van der Waals surface area contributed by atoms with Crippen molar-refractivity contribution in [1.82, 2.24) is 4.90 Å². The second-order valence-corrected chi connectivity index (χ2v) is 5.14. The van der Waals surface area contributed by atoms with Gasteiger partial charge in [-0.3, -0.25) is 9.69 Å². The van der Waals surface area contributed by atoms with Crippen molar-refractivity contribution < 1.29 is 9.53 Å². The van der Waals surface area contributed by atoms with Crippen LogP contribution >= 0.6 is 0 Å². The van der Waals surface area contributed by atoms with Gasteiger partial charge in [0.05, 0.1) is 12.5 Å². The number of likely N-dealkylation sites (tertiary alicyclic amines) is 1. The van der Waals surface area contributed by atoms with Crippen LogP contribution in [0.1, 0.15) is 33.6 Å². The third-order valence-corrected chi connectivity index (χ3v) is 3.64. The molecule has 0 aromatic carbocycles. The van der Waals surface area contributed by atoms with E-state index in [2.05, 4.69) is 11.8 Å². The summed E-state index contributed by atoms with van der Waals surface area (Å²) in [5.74, 6) is 0.448. The second-order valence-electron chi connectivity index (χ2n) is 5.14. The van der Waals surface area contributed by atoms with E-state index >= 15 is 0 Å². The Kier molecular flexibility index (Phi) is 5.92. The van der Waals surface area contributed by atoms with Crippen LogP contribution in [0.5, 0.6) is 0 Å². The highest BCUT2D eigenvalue weighted by atomic mass is 16.5. The van der Waals surface area contributed by atoms with Gasteiger partial charge >= 0.3 is 5.97 Å². The zero-order valence-corrected chi connectivity index (χ0v) is 11.3. The first-order valence-electron chi connectivity index (χ1n) is 6.69. The summed E-state index contributed by atoms with van der Waals surface area (Å²) in [7, 11) is 0. The van der Waals surface area contributed by atoms with Crippen molar-refractivity contribution in [1.29, 1.82) is 0 Å². The van der Waals surface area contributed by atoms with Crippen molar-refractivity contribution in [3.05, 3.63) is 0 Å². The molecule has 1 saturated heterocycles. The molecule has 4 nitrogen and oxygen atoms in total. The van der Waals surface area contributed by atoms with Crippen LogP contribution in [-0.4, -0.2) is 43.2 Å². The van der Waals surface area contributed by atoms with Crippen molar-refractivity contribution in [2.24, 2.45) is 17.6 Å². The van der Waals surface area contributed by atoms with E-state index in [1.165, 1.54) is 12.8 Å². The summed E-state index contributed by atoms with van der Waals surface area (Å²) in [6.07, 6.45) is 2.39. The zero-order chi connectivity index (χ0) is 12.8. The summed E-state index contributed by atoms with van der Waals surface area (Å²) in [5, 5.41) is 0. The summed E-state index contributed by atoms with van der Waals surface area (Å²) in [4.78, 5) is 14.0. The number of nitrogens with two attached hydrogens (primary N) is 1. The van der Waals surface area contributed by atoms with E-state index < -0.39 is 0 Å². The number of carbonyl (C=O) groups is 1. The molecule has 17 heavy (non-hydrogen) atoms. The van der Waals surface area contributed by atoms with Gasteiger partial charge in [-0.25, -0.2) is 0 Å². The number of ether oxygens (including phenoxy) is 1. The molecule has 100 valence electrons. The number of hydrogen-bond acceptors (Lipinski definition) is 4. The van der Waals surface area contributed by atoms with Gasteiger partial charge in [-0.2, -0.15) is 0 Å². The molecule has 0 radical (unpaired) electrons. The SMILES string of the molecule is CCOC(=O)C(C)CN1CC(CN)CCC1C. The standard InChI is InChI=1S/C13H26N2O2/c1-4-17-13(16)10(2)8-15-9-12(7-14)6-5-11(15)3/h10-12H,4-9,14H2,1-3H3. The Morgan fingerprint density at radius 3 is 2.82 bits per heavy atom. The maximum absolute atomic E-state index is 11.6. The van der Waals surface area contributed by atoms with Crippen LogP contribution in [0.25, 0.3) is 0 Å². The quantitative estimate of drug-likeness (QED) is 0.737. The first kappa shape index (κ1) is 14.5. The van der Waals surface area contributed by atoms with Crippen molar-refractivity contribution in [3.8, 4) is 0 Å². The van der Waals surface area contributed by atoms with Crippen molar-refractivity contribution in [2.45, 2.75) is 39.7 Å². The third kappa shape index (κ3) is 4.28. The number of rotatable bonds is 5. The lowest BCUT2D eigenvalue weighted by atomic mass is 9.92. The normalized spacial score (nSPS) is 27.8. The van der Waals surface area contributed by atoms with Crippen LogP contribution in [0.3, 0.4) is 0 Å². The highest BCUT2D eigenvalue weighted by Crippen LogP contribution is 2.22. The Morgan fingerprint density at radius 2 is 2.24 bits per heavy atom. The van der Waals surface area contributed by atoms with Gasteiger partial charge in [-0.05, 0) is 39.2 Å². The molecular weight excluding hydrogens is 216 g/mol. The molecule has 0 aromatic rings. The van der Waals surface area contributed by atoms with Gasteiger partial charge in [-0.1, -0.05) is 6.92 Å². The van der Waals surface area contributed by atoms with E-state index in [1.54, 1.807) is 0 Å². The average molecular weight is 242 g/mol. The molecule has 0 aromatic heterocycles. The fraction of sp³-hybridized carbons (Fsp3) is 0.923. The van der Waals surface area contributed by atoms with Gasteiger partial charge in [0.1, 0.15) is 0 Å². The fourth-order valence-corrected chi connectivity index (χ4v) is 2.42. The zero-order valence-electron chi connectivity index (χ0n) is 11.3. The van der Waals surface area contributed by atoms with E-state index in [1.807, 2.05) is 13.8 Å². The molecule has 1 aliphatic heterocycles. The van der Waals surface area contributed by atoms with Crippen molar-refractivity contribution >= 4 is 5.97 Å². The van der Waals surface area contributed by atoms with Crippen LogP contribution in [0.15, 0.2) is 0 Å². The molecule has 1 aliphatic rings. The van der Waals surface area contributed by atoms with Gasteiger partial charge in [0.2, 0.25) is 0 Å². The molecule has 1 rings (SSSR count). The molecule has 0 saturated carbocycles. The number of hydrogen-bond donors (Lipinski definition) is 1. The molecule has 0 bridgehead atoms. The summed E-state index contributed by atoms with van der Waals surface area (Å²) in [6, 6.07) is 0.551. The molecule has 3 atom stereocenters. The summed E-state index contributed by atoms with van der Waals surface area (Å²) >= 11 is 0. The predicted molar refractivity (Wildman–Crippen MR) is 68.6 cm³/mol. The molecular formula is C13H26N2O2. The first-order valence-corrected chi connectivity index (χ1v) is 6.69. The monoisotopic (exact) mass is 242 g/mol. The Bertz CT molecular complexity index is 246. The van der Waals surface area contributed by atoms with E-state index in [4.69, 9.17) is 10.5 Å². The van der Waals surface area contributed by atoms with Crippen LogP contribution in [0, 0.1) is 11.8 Å². The largest absolute Gasteiger partial charge is 0.466 e. The number of piperidine rings is 1. The van der Waals surface area contributed by atoms with E-state index in [0.29, 0.717) is 18.6 Å². The van der Waals surface area contributed by atoms with Gasteiger partial charge < -0.3 is 10.5 Å². The van der Waals surface area contributed by atoms with E-state index in [0.717, 1.165) is 19.6 Å². The summed E-state index contributed by atoms with van der Waals surface area (Å²) in [6.45, 7) is 9.03. The van der Waals surface area contributed by atoms with Gasteiger partial charge in [0.15, 0.2) is 0 Å². The van der Waals surface area contributed by atoms with Crippen LogP contribution in [-0.2, 0) is 9.53 Å². The minimum Gasteiger partial charge on any atom is -0.466 e. The third-order valence-electron chi connectivity index (χ3n) is 3.64. The highest BCUT2D eigenvalue weighted by molar-refractivity contribution is 5.72. The smallest absolute Gasteiger partial charge is 0.309 e. The van der Waals surface area contributed by atoms with Crippen molar-refractivity contribution in [2.75, 3.05) is 26.2 Å². The van der Waals surface area contributed by atoms with Gasteiger partial charge in [-0.15, -0.1) is 0 Å². The lowest BCUT2D eigenvalue weighted by Crippen LogP contribution is -2.46. The molecule has 3 unspecified atom stereocenters. The van der Waals surface area contributed by atoms with Gasteiger partial charge in [0, 0.05) is 19.1 Å². The van der Waals surface area contributed by atoms with E-state index in [-0.39, 0.29) is 11.9 Å². The number of esters is 1. The minimum atomic E-state index is -0.0884. The lowest BCUT2D eigenvalue weighted by molar-refractivity contribution is -0.148. The predicted octanol–water partition coefficient (Wildman–Crippen LogP) is 1.24. The van der Waals surface area contributed by atoms with Gasteiger partial charge in [0.25, 0.3) is 0 Å². The van der Waals surface area contributed by atoms with Crippen molar-refractivity contribution in [3.63, 3.8) is 0 Å². The highest BCUT2D eigenvalue weighted by Gasteiger charge is 2.27. The van der Waals surface area contributed by atoms with Crippen LogP contribution in [0.4, 0.5) is 0 Å². The second kappa shape index (κ2) is 6.97. The molecule has 2 N–H and O–H groups in total. The fourth-order valence-electron chi connectivity index (χ4n) is 2.42. The minimum absolute atomic E-state index is 0.0473. The maximum Gasteiger partial charge on any atom is 0.309 e. The van der Waals surface area contributed by atoms with Crippen LogP contribution in [0.2, 0.25) is 0 Å². The molecule has 0 spiro atoms. The molecule has 1 fully saturated rings. The van der Waals surface area contributed by atoms with Crippen LogP contribution < -0.4 is 5.73 Å². The van der Waals surface area contributed by atoms with E-state index in [9.17, 15) is 4.79 Å². The number of carbonyl (C=O) groups excluding carboxylic acids is 1. The number of nitrogens with zero attached hydrogens (tertiary/aromatic N) is 1. The summed E-state index contributed by atoms with van der Waals surface area (Å²) < 4.78 is 5.04. The maximum atomic E-state index is 11.6.